The maximum Gasteiger partial charge on any atom is 0.363 e. The Balaban J connectivity index is 3.01. The fourth-order valence-electron chi connectivity index (χ4n) is 1.42. The van der Waals surface area contributed by atoms with Crippen LogP contribution in [0.2, 0.25) is 0 Å². The van der Waals surface area contributed by atoms with Crippen LogP contribution in [-0.4, -0.2) is 23.2 Å². The summed E-state index contributed by atoms with van der Waals surface area (Å²) in [4.78, 5) is 19.3. The molecule has 0 saturated carbocycles. The molecule has 0 aromatic heterocycles. The average molecular weight is 359 g/mol. The van der Waals surface area contributed by atoms with Gasteiger partial charge in [0.1, 0.15) is 5.57 Å². The van der Waals surface area contributed by atoms with Gasteiger partial charge in [-0.3, -0.25) is 4.79 Å². The smallest absolute Gasteiger partial charge is 0.363 e. The Morgan fingerprint density at radius 1 is 1.29 bits per heavy atom. The Kier molecular flexibility index (Phi) is 6.42. The zero-order valence-corrected chi connectivity index (χ0v) is 12.8. The quantitative estimate of drug-likeness (QED) is 0.194. The van der Waals surface area contributed by atoms with Crippen molar-refractivity contribution in [2.24, 2.45) is 0 Å². The summed E-state index contributed by atoms with van der Waals surface area (Å²) in [5.74, 6) is -2.72. The number of ether oxygens (including phenoxy) is 1. The summed E-state index contributed by atoms with van der Waals surface area (Å²) in [6.07, 6.45) is 3.94. The van der Waals surface area contributed by atoms with E-state index in [0.717, 1.165) is 11.6 Å². The van der Waals surface area contributed by atoms with Crippen LogP contribution in [0.3, 0.4) is 0 Å². The predicted octanol–water partition coefficient (Wildman–Crippen LogP) is 3.75. The maximum absolute atomic E-state index is 13.0. The third-order valence-electron chi connectivity index (χ3n) is 2.35. The SMILES string of the molecule is CCOC(=O)/C(=C/C=C/c1ccccc1)C(=O)C(F)(F)Br. The van der Waals surface area contributed by atoms with E-state index in [1.807, 2.05) is 22.0 Å². The Bertz CT molecular complexity index is 560. The summed E-state index contributed by atoms with van der Waals surface area (Å²) in [7, 11) is 0. The van der Waals surface area contributed by atoms with Crippen molar-refractivity contribution >= 4 is 33.8 Å². The van der Waals surface area contributed by atoms with Crippen molar-refractivity contribution in [3.63, 3.8) is 0 Å². The lowest BCUT2D eigenvalue weighted by Crippen LogP contribution is -2.27. The van der Waals surface area contributed by atoms with E-state index < -0.39 is 22.2 Å². The molecule has 0 aliphatic heterocycles. The summed E-state index contributed by atoms with van der Waals surface area (Å²) in [6.45, 7) is 1.51. The number of rotatable bonds is 6. The van der Waals surface area contributed by atoms with Gasteiger partial charge in [0.2, 0.25) is 5.78 Å². The van der Waals surface area contributed by atoms with Gasteiger partial charge in [-0.25, -0.2) is 4.79 Å². The van der Waals surface area contributed by atoms with E-state index in [1.165, 1.54) is 13.0 Å². The number of Topliss-reactive ketones (excluding diaryl/α,β-unsaturated/α-hetero) is 1. The summed E-state index contributed by atoms with van der Waals surface area (Å²) in [6, 6.07) is 9.00. The largest absolute Gasteiger partial charge is 0.462 e. The molecule has 1 aromatic carbocycles. The molecule has 0 aliphatic rings. The zero-order chi connectivity index (χ0) is 15.9. The number of hydrogen-bond acceptors (Lipinski definition) is 3. The molecule has 0 spiro atoms. The highest BCUT2D eigenvalue weighted by Gasteiger charge is 2.40. The number of carbonyl (C=O) groups is 2. The van der Waals surface area contributed by atoms with Crippen molar-refractivity contribution in [1.82, 2.24) is 0 Å². The summed E-state index contributed by atoms with van der Waals surface area (Å²) < 4.78 is 30.6. The molecule has 1 rings (SSSR count). The van der Waals surface area contributed by atoms with Crippen LogP contribution in [0.5, 0.6) is 0 Å². The first-order chi connectivity index (χ1) is 9.86. The third-order valence-corrected chi connectivity index (χ3v) is 2.71. The molecule has 0 unspecified atom stereocenters. The molecule has 0 fully saturated rings. The topological polar surface area (TPSA) is 43.4 Å². The first-order valence-electron chi connectivity index (χ1n) is 6.08. The van der Waals surface area contributed by atoms with Gasteiger partial charge in [0.15, 0.2) is 0 Å². The number of allylic oxidation sites excluding steroid dienone is 2. The molecule has 3 nitrogen and oxygen atoms in total. The lowest BCUT2D eigenvalue weighted by atomic mass is 10.1. The monoisotopic (exact) mass is 358 g/mol. The van der Waals surface area contributed by atoms with Gasteiger partial charge in [-0.05, 0) is 34.5 Å². The van der Waals surface area contributed by atoms with Crippen molar-refractivity contribution in [3.8, 4) is 0 Å². The molecule has 0 amide bonds. The van der Waals surface area contributed by atoms with Crippen LogP contribution < -0.4 is 0 Å². The molecule has 0 aliphatic carbocycles. The third kappa shape index (κ3) is 5.59. The molecule has 0 heterocycles. The maximum atomic E-state index is 13.0. The van der Waals surface area contributed by atoms with E-state index in [-0.39, 0.29) is 6.61 Å². The molecule has 0 radical (unpaired) electrons. The molecule has 112 valence electrons. The Labute approximate surface area is 129 Å². The summed E-state index contributed by atoms with van der Waals surface area (Å²) in [5, 5.41) is 0. The molecule has 0 saturated heterocycles. The molecule has 0 atom stereocenters. The summed E-state index contributed by atoms with van der Waals surface area (Å²) >= 11 is 1.95. The highest BCUT2D eigenvalue weighted by molar-refractivity contribution is 9.10. The van der Waals surface area contributed by atoms with Crippen LogP contribution >= 0.6 is 15.9 Å². The standard InChI is InChI=1S/C15H13BrF2O3/c1-2-21-14(20)12(13(19)15(16,17)18)10-6-9-11-7-4-3-5-8-11/h3-10H,2H2,1H3/b9-6+,12-10+. The molecular weight excluding hydrogens is 346 g/mol. The van der Waals surface area contributed by atoms with Crippen molar-refractivity contribution in [2.45, 2.75) is 11.8 Å². The van der Waals surface area contributed by atoms with Crippen LogP contribution in [0, 0.1) is 0 Å². The molecule has 0 N–H and O–H groups in total. The fourth-order valence-corrected chi connectivity index (χ4v) is 1.63. The number of ketones is 1. The number of hydrogen-bond donors (Lipinski definition) is 0. The van der Waals surface area contributed by atoms with Crippen LogP contribution in [0.25, 0.3) is 6.08 Å². The van der Waals surface area contributed by atoms with Crippen molar-refractivity contribution in [3.05, 3.63) is 53.6 Å². The minimum absolute atomic E-state index is 0.0142. The van der Waals surface area contributed by atoms with E-state index in [1.54, 1.807) is 30.3 Å². The Morgan fingerprint density at radius 3 is 2.43 bits per heavy atom. The minimum Gasteiger partial charge on any atom is -0.462 e. The van der Waals surface area contributed by atoms with E-state index in [2.05, 4.69) is 4.74 Å². The van der Waals surface area contributed by atoms with E-state index in [0.29, 0.717) is 0 Å². The number of halogens is 3. The van der Waals surface area contributed by atoms with Gasteiger partial charge in [-0.15, -0.1) is 0 Å². The van der Waals surface area contributed by atoms with Gasteiger partial charge >= 0.3 is 10.8 Å². The van der Waals surface area contributed by atoms with Crippen LogP contribution in [0.4, 0.5) is 8.78 Å². The lowest BCUT2D eigenvalue weighted by molar-refractivity contribution is -0.142. The number of carbonyl (C=O) groups excluding carboxylic acids is 2. The minimum atomic E-state index is -3.81. The van der Waals surface area contributed by atoms with E-state index in [9.17, 15) is 18.4 Å². The summed E-state index contributed by atoms with van der Waals surface area (Å²) in [5.41, 5.74) is 0.0842. The second kappa shape index (κ2) is 7.83. The van der Waals surface area contributed by atoms with E-state index in [4.69, 9.17) is 0 Å². The van der Waals surface area contributed by atoms with Gasteiger partial charge in [0.25, 0.3) is 0 Å². The number of alkyl halides is 3. The highest BCUT2D eigenvalue weighted by Crippen LogP contribution is 2.26. The van der Waals surface area contributed by atoms with E-state index >= 15 is 0 Å². The number of benzene rings is 1. The highest BCUT2D eigenvalue weighted by atomic mass is 79.9. The van der Waals surface area contributed by atoms with Crippen LogP contribution in [0.1, 0.15) is 12.5 Å². The molecule has 6 heteroatoms. The van der Waals surface area contributed by atoms with Gasteiger partial charge in [0.05, 0.1) is 6.61 Å². The molecule has 21 heavy (non-hydrogen) atoms. The van der Waals surface area contributed by atoms with Crippen LogP contribution in [-0.2, 0) is 14.3 Å². The zero-order valence-electron chi connectivity index (χ0n) is 11.2. The van der Waals surface area contributed by atoms with Crippen molar-refractivity contribution in [2.75, 3.05) is 6.61 Å². The number of esters is 1. The lowest BCUT2D eigenvalue weighted by Gasteiger charge is -2.09. The van der Waals surface area contributed by atoms with Crippen molar-refractivity contribution < 1.29 is 23.1 Å². The van der Waals surface area contributed by atoms with Crippen molar-refractivity contribution in [1.29, 1.82) is 0 Å². The normalized spacial score (nSPS) is 12.5. The first-order valence-corrected chi connectivity index (χ1v) is 6.87. The Morgan fingerprint density at radius 2 is 1.90 bits per heavy atom. The molecule has 0 bridgehead atoms. The second-order valence-electron chi connectivity index (χ2n) is 3.90. The Hall–Kier alpha value is -1.82. The second-order valence-corrected chi connectivity index (χ2v) is 4.89. The molecule has 1 aromatic rings. The van der Waals surface area contributed by atoms with Gasteiger partial charge in [-0.2, -0.15) is 8.78 Å². The van der Waals surface area contributed by atoms with Gasteiger partial charge in [0, 0.05) is 0 Å². The average Bonchev–Trinajstić information content (AvgIpc) is 2.43. The predicted molar refractivity (Wildman–Crippen MR) is 79.1 cm³/mol. The van der Waals surface area contributed by atoms with Gasteiger partial charge in [-0.1, -0.05) is 42.5 Å². The van der Waals surface area contributed by atoms with Crippen LogP contribution in [0.15, 0.2) is 48.1 Å². The van der Waals surface area contributed by atoms with Gasteiger partial charge < -0.3 is 4.74 Å². The molecular formula is C15H13BrF2O3. The first kappa shape index (κ1) is 17.2. The fraction of sp³-hybridized carbons (Fsp3) is 0.200.